The van der Waals surface area contributed by atoms with Crippen molar-refractivity contribution in [1.82, 2.24) is 14.3 Å². The van der Waals surface area contributed by atoms with Gasteiger partial charge in [-0.2, -0.15) is 0 Å². The lowest BCUT2D eigenvalue weighted by Crippen LogP contribution is -2.29. The molecule has 0 aliphatic carbocycles. The van der Waals surface area contributed by atoms with Crippen LogP contribution in [-0.2, 0) is 28.9 Å². The van der Waals surface area contributed by atoms with Crippen molar-refractivity contribution < 1.29 is 13.3 Å². The van der Waals surface area contributed by atoms with Crippen LogP contribution in [0.1, 0.15) is 29.3 Å². The van der Waals surface area contributed by atoms with E-state index in [2.05, 4.69) is 70.8 Å². The molecule has 4 aromatic carbocycles. The number of aryl methyl sites for hydroxylation is 1. The summed E-state index contributed by atoms with van der Waals surface area (Å²) in [5.74, 6) is 0. The molecule has 2 heterocycles. The quantitative estimate of drug-likeness (QED) is 0.152. The first kappa shape index (κ1) is 27.4. The van der Waals surface area contributed by atoms with Gasteiger partial charge in [-0.1, -0.05) is 66.7 Å². The third kappa shape index (κ3) is 4.66. The van der Waals surface area contributed by atoms with E-state index in [4.69, 9.17) is 0 Å². The van der Waals surface area contributed by atoms with Gasteiger partial charge in [0.25, 0.3) is 5.69 Å². The smallest absolute Gasteiger partial charge is 0.269 e. The van der Waals surface area contributed by atoms with Crippen molar-refractivity contribution in [2.24, 2.45) is 7.05 Å². The van der Waals surface area contributed by atoms with Crippen molar-refractivity contribution in [3.05, 3.63) is 142 Å². The second kappa shape index (κ2) is 10.6. The van der Waals surface area contributed by atoms with Crippen LogP contribution in [0.2, 0.25) is 0 Å². The van der Waals surface area contributed by atoms with E-state index in [1.807, 2.05) is 42.5 Å². The molecule has 2 aromatic heterocycles. The molecule has 0 aliphatic heterocycles. The largest absolute Gasteiger partial charge is 0.357 e. The van der Waals surface area contributed by atoms with Gasteiger partial charge in [0.1, 0.15) is 0 Å². The molecule has 0 aliphatic rings. The van der Waals surface area contributed by atoms with Crippen molar-refractivity contribution in [2.75, 3.05) is 6.54 Å². The molecule has 0 unspecified atom stereocenters. The van der Waals surface area contributed by atoms with E-state index < -0.39 is 20.4 Å². The van der Waals surface area contributed by atoms with Crippen LogP contribution in [0.15, 0.2) is 114 Å². The van der Waals surface area contributed by atoms with Crippen LogP contribution in [0.4, 0.5) is 5.69 Å². The Hall–Kier alpha value is -4.73. The number of aromatic nitrogens is 2. The Balaban J connectivity index is 1.45. The van der Waals surface area contributed by atoms with E-state index in [-0.39, 0.29) is 17.1 Å². The van der Waals surface area contributed by atoms with Crippen molar-refractivity contribution >= 4 is 37.5 Å². The summed E-state index contributed by atoms with van der Waals surface area (Å²) in [6, 6.07) is 31.7. The number of sulfonamides is 1. The standard InChI is InChI=1S/C33H30N4O4S/c1-33(23-10-4-3-5-11-23,29-22-36(2)31-15-9-7-13-28(29)31)32-27(26-12-6-8-14-30(26)35-32)20-21-34-42(40,41)25-18-16-24(17-19-25)37(38)39/h3-19,22,34-35H,20-21H2,1-2H3/t33-/m1/s1. The summed E-state index contributed by atoms with van der Waals surface area (Å²) < 4.78 is 31.0. The van der Waals surface area contributed by atoms with Crippen molar-refractivity contribution in [2.45, 2.75) is 23.7 Å². The number of benzene rings is 4. The zero-order valence-electron chi connectivity index (χ0n) is 23.2. The Labute approximate surface area is 243 Å². The topological polar surface area (TPSA) is 110 Å². The number of fused-ring (bicyclic) bond motifs is 2. The molecule has 0 fully saturated rings. The molecule has 1 atom stereocenters. The molecule has 0 spiro atoms. The number of nitro benzene ring substituents is 1. The van der Waals surface area contributed by atoms with Crippen molar-refractivity contribution in [1.29, 1.82) is 0 Å². The van der Waals surface area contributed by atoms with E-state index in [1.54, 1.807) is 0 Å². The van der Waals surface area contributed by atoms with Gasteiger partial charge in [-0.25, -0.2) is 13.1 Å². The molecular formula is C33H30N4O4S. The van der Waals surface area contributed by atoms with Gasteiger partial charge in [-0.15, -0.1) is 0 Å². The minimum absolute atomic E-state index is 0.0165. The maximum Gasteiger partial charge on any atom is 0.269 e. The van der Waals surface area contributed by atoms with Crippen LogP contribution in [0, 0.1) is 10.1 Å². The number of para-hydroxylation sites is 2. The Morgan fingerprint density at radius 3 is 2.24 bits per heavy atom. The minimum atomic E-state index is -3.87. The first-order valence-electron chi connectivity index (χ1n) is 13.6. The highest BCUT2D eigenvalue weighted by Crippen LogP contribution is 2.45. The maximum absolute atomic E-state index is 13.1. The highest BCUT2D eigenvalue weighted by Gasteiger charge is 2.37. The third-order valence-electron chi connectivity index (χ3n) is 8.13. The van der Waals surface area contributed by atoms with Crippen molar-refractivity contribution in [3.63, 3.8) is 0 Å². The van der Waals surface area contributed by atoms with E-state index in [0.29, 0.717) is 6.42 Å². The summed E-state index contributed by atoms with van der Waals surface area (Å²) >= 11 is 0. The van der Waals surface area contributed by atoms with E-state index >= 15 is 0 Å². The summed E-state index contributed by atoms with van der Waals surface area (Å²) in [5.41, 5.74) is 5.63. The SMILES string of the molecule is Cn1cc([C@@](C)(c2ccccc2)c2[nH]c3ccccc3c2CCNS(=O)(=O)c2ccc([N+](=O)[O-])cc2)c2ccccc21. The zero-order chi connectivity index (χ0) is 29.5. The van der Waals surface area contributed by atoms with Crippen LogP contribution in [0.5, 0.6) is 0 Å². The number of nitrogens with zero attached hydrogens (tertiary/aromatic N) is 2. The molecule has 42 heavy (non-hydrogen) atoms. The summed E-state index contributed by atoms with van der Waals surface area (Å²) in [4.78, 5) is 14.2. The average Bonchev–Trinajstić information content (AvgIpc) is 3.55. The van der Waals surface area contributed by atoms with Gasteiger partial charge in [-0.05, 0) is 54.3 Å². The summed E-state index contributed by atoms with van der Waals surface area (Å²) in [7, 11) is -1.82. The molecule has 0 radical (unpaired) electrons. The Morgan fingerprint density at radius 2 is 1.52 bits per heavy atom. The fraction of sp³-hybridized carbons (Fsp3) is 0.152. The lowest BCUT2D eigenvalue weighted by molar-refractivity contribution is -0.384. The molecule has 6 aromatic rings. The number of nitro groups is 1. The molecule has 0 amide bonds. The lowest BCUT2D eigenvalue weighted by atomic mass is 9.72. The predicted octanol–water partition coefficient (Wildman–Crippen LogP) is 6.44. The number of aromatic amines is 1. The molecule has 0 bridgehead atoms. The second-order valence-corrected chi connectivity index (χ2v) is 12.4. The second-order valence-electron chi connectivity index (χ2n) is 10.6. The minimum Gasteiger partial charge on any atom is -0.357 e. The third-order valence-corrected chi connectivity index (χ3v) is 9.60. The number of H-pyrrole nitrogens is 1. The monoisotopic (exact) mass is 578 g/mol. The molecular weight excluding hydrogens is 548 g/mol. The number of non-ortho nitro benzene ring substituents is 1. The van der Waals surface area contributed by atoms with E-state index in [1.165, 1.54) is 24.3 Å². The Morgan fingerprint density at radius 1 is 0.881 bits per heavy atom. The Bertz CT molecular complexity index is 2030. The van der Waals surface area contributed by atoms with Gasteiger partial charge >= 0.3 is 0 Å². The highest BCUT2D eigenvalue weighted by atomic mass is 32.2. The fourth-order valence-electron chi connectivity index (χ4n) is 5.97. The van der Waals surface area contributed by atoms with Gasteiger partial charge in [0.15, 0.2) is 0 Å². The van der Waals surface area contributed by atoms with Crippen LogP contribution in [0.3, 0.4) is 0 Å². The number of hydrogen-bond donors (Lipinski definition) is 2. The Kier molecular flexibility index (Phi) is 6.92. The average molecular weight is 579 g/mol. The summed E-state index contributed by atoms with van der Waals surface area (Å²) in [5, 5.41) is 13.2. The molecule has 6 rings (SSSR count). The first-order chi connectivity index (χ1) is 20.2. The molecule has 212 valence electrons. The van der Waals surface area contributed by atoms with E-state index in [0.717, 1.165) is 44.2 Å². The number of hydrogen-bond acceptors (Lipinski definition) is 4. The van der Waals surface area contributed by atoms with Gasteiger partial charge in [0.2, 0.25) is 10.0 Å². The van der Waals surface area contributed by atoms with Crippen LogP contribution < -0.4 is 4.72 Å². The lowest BCUT2D eigenvalue weighted by Gasteiger charge is -2.31. The first-order valence-corrected chi connectivity index (χ1v) is 15.1. The fourth-order valence-corrected chi connectivity index (χ4v) is 7.01. The summed E-state index contributed by atoms with van der Waals surface area (Å²) in [6.07, 6.45) is 2.61. The van der Waals surface area contributed by atoms with E-state index in [9.17, 15) is 18.5 Å². The zero-order valence-corrected chi connectivity index (χ0v) is 24.1. The van der Waals surface area contributed by atoms with Gasteiger partial charge < -0.3 is 9.55 Å². The van der Waals surface area contributed by atoms with Crippen LogP contribution >= 0.6 is 0 Å². The van der Waals surface area contributed by atoms with Gasteiger partial charge in [0, 0.05) is 59.4 Å². The molecule has 9 heteroatoms. The van der Waals surface area contributed by atoms with Gasteiger partial charge in [0.05, 0.1) is 15.2 Å². The summed E-state index contributed by atoms with van der Waals surface area (Å²) in [6.45, 7) is 2.37. The van der Waals surface area contributed by atoms with Gasteiger partial charge in [-0.3, -0.25) is 10.1 Å². The maximum atomic E-state index is 13.1. The van der Waals surface area contributed by atoms with Crippen LogP contribution in [-0.4, -0.2) is 29.4 Å². The van der Waals surface area contributed by atoms with Crippen molar-refractivity contribution in [3.8, 4) is 0 Å². The molecule has 0 saturated heterocycles. The molecule has 2 N–H and O–H groups in total. The predicted molar refractivity (Wildman–Crippen MR) is 165 cm³/mol. The normalized spacial score (nSPS) is 13.4. The molecule has 0 saturated carbocycles. The molecule has 8 nitrogen and oxygen atoms in total. The van der Waals surface area contributed by atoms with Crippen LogP contribution in [0.25, 0.3) is 21.8 Å². The highest BCUT2D eigenvalue weighted by molar-refractivity contribution is 7.89. The number of rotatable bonds is 9. The number of nitrogens with one attached hydrogen (secondary N) is 2.